The van der Waals surface area contributed by atoms with Crippen molar-refractivity contribution in [1.82, 2.24) is 15.1 Å². The Hall–Kier alpha value is -1.88. The van der Waals surface area contributed by atoms with E-state index in [1.807, 2.05) is 13.0 Å². The van der Waals surface area contributed by atoms with Crippen molar-refractivity contribution in [2.75, 3.05) is 26.2 Å². The molecule has 0 spiro atoms. The number of amides is 2. The van der Waals surface area contributed by atoms with Gasteiger partial charge in [0.1, 0.15) is 12.2 Å². The van der Waals surface area contributed by atoms with Gasteiger partial charge in [-0.05, 0) is 31.6 Å². The van der Waals surface area contributed by atoms with E-state index in [4.69, 9.17) is 10.4 Å². The number of hydrogen-bond donors (Lipinski definition) is 2. The largest absolute Gasteiger partial charge is 0.465 e. The number of likely N-dealkylation sites (tertiary alicyclic amines) is 2. The highest BCUT2D eigenvalue weighted by Crippen LogP contribution is 2.43. The maximum atomic E-state index is 13.4. The molecule has 4 unspecified atom stereocenters. The molecule has 0 aromatic carbocycles. The summed E-state index contributed by atoms with van der Waals surface area (Å²) in [6, 6.07) is 1.31. The number of alkyl halides is 1. The molecule has 0 bridgehead atoms. The van der Waals surface area contributed by atoms with E-state index in [2.05, 4.69) is 5.32 Å². The lowest BCUT2D eigenvalue weighted by Gasteiger charge is -2.29. The summed E-state index contributed by atoms with van der Waals surface area (Å²) in [6.07, 6.45) is -0.257. The molecule has 1 saturated carbocycles. The number of fused-ring (bicyclic) bond motifs is 1. The predicted molar refractivity (Wildman–Crippen MR) is 82.8 cm³/mol. The zero-order valence-electron chi connectivity index (χ0n) is 13.7. The van der Waals surface area contributed by atoms with Crippen molar-refractivity contribution in [2.45, 2.75) is 43.9 Å². The van der Waals surface area contributed by atoms with Gasteiger partial charge in [-0.25, -0.2) is 9.18 Å². The molecule has 3 fully saturated rings. The Morgan fingerprint density at radius 2 is 1.96 bits per heavy atom. The number of carbonyl (C=O) groups excluding carboxylic acids is 1. The third-order valence-corrected chi connectivity index (χ3v) is 5.66. The number of carboxylic acid groups (broad SMARTS) is 1. The zero-order valence-corrected chi connectivity index (χ0v) is 13.7. The lowest BCUT2D eigenvalue weighted by Crippen LogP contribution is -2.48. The van der Waals surface area contributed by atoms with Gasteiger partial charge in [0.25, 0.3) is 0 Å². The van der Waals surface area contributed by atoms with E-state index in [9.17, 15) is 14.0 Å². The Bertz CT molecular complexity index is 564. The molecule has 7 nitrogen and oxygen atoms in total. The van der Waals surface area contributed by atoms with E-state index in [1.54, 1.807) is 0 Å². The van der Waals surface area contributed by atoms with E-state index in [0.717, 1.165) is 12.8 Å². The van der Waals surface area contributed by atoms with E-state index in [0.29, 0.717) is 24.9 Å². The normalized spacial score (nSPS) is 38.2. The van der Waals surface area contributed by atoms with Gasteiger partial charge in [-0.1, -0.05) is 0 Å². The first-order chi connectivity index (χ1) is 11.3. The van der Waals surface area contributed by atoms with Crippen molar-refractivity contribution < 1.29 is 19.1 Å². The minimum Gasteiger partial charge on any atom is -0.465 e. The van der Waals surface area contributed by atoms with Gasteiger partial charge in [0, 0.05) is 25.0 Å². The Kier molecular flexibility index (Phi) is 4.38. The monoisotopic (exact) mass is 338 g/mol. The summed E-state index contributed by atoms with van der Waals surface area (Å²) in [5.74, 6) is 0.400. The van der Waals surface area contributed by atoms with Crippen LogP contribution in [0.4, 0.5) is 9.18 Å². The number of carbonyl (C=O) groups is 2. The molecule has 3 rings (SSSR count). The quantitative estimate of drug-likeness (QED) is 0.794. The number of rotatable bonds is 3. The molecule has 2 amide bonds. The van der Waals surface area contributed by atoms with Crippen LogP contribution in [0.25, 0.3) is 0 Å². The second-order valence-corrected chi connectivity index (χ2v) is 7.55. The average Bonchev–Trinajstić information content (AvgIpc) is 3.15. The van der Waals surface area contributed by atoms with Crippen molar-refractivity contribution in [2.24, 2.45) is 11.8 Å². The van der Waals surface area contributed by atoms with Gasteiger partial charge < -0.3 is 20.2 Å². The van der Waals surface area contributed by atoms with E-state index >= 15 is 0 Å². The smallest absolute Gasteiger partial charge is 0.407 e. The van der Waals surface area contributed by atoms with Crippen molar-refractivity contribution in [3.8, 4) is 6.07 Å². The van der Waals surface area contributed by atoms with Gasteiger partial charge >= 0.3 is 6.09 Å². The van der Waals surface area contributed by atoms with Crippen LogP contribution in [0.2, 0.25) is 0 Å². The molecule has 2 saturated heterocycles. The van der Waals surface area contributed by atoms with Gasteiger partial charge in [0.05, 0.1) is 19.2 Å². The standard InChI is InChI=1S/C16H23FN4O3/c1-16(3-10-7-20(15(23)24)8-11(10)4-16)19-6-14(22)21-9-12(17)2-13(21)5-18/h10-13,19H,2-4,6-9H2,1H3,(H,23,24). The molecule has 4 atom stereocenters. The molecule has 0 aromatic rings. The van der Waals surface area contributed by atoms with Gasteiger partial charge in [-0.15, -0.1) is 0 Å². The number of nitriles is 1. The minimum absolute atomic E-state index is 0.00568. The van der Waals surface area contributed by atoms with Gasteiger partial charge in [-0.3, -0.25) is 4.79 Å². The van der Waals surface area contributed by atoms with Crippen LogP contribution >= 0.6 is 0 Å². The second kappa shape index (κ2) is 6.20. The number of nitrogens with one attached hydrogen (secondary N) is 1. The average molecular weight is 338 g/mol. The lowest BCUT2D eigenvalue weighted by molar-refractivity contribution is -0.130. The fourth-order valence-corrected chi connectivity index (χ4v) is 4.52. The highest BCUT2D eigenvalue weighted by molar-refractivity contribution is 5.79. The van der Waals surface area contributed by atoms with Crippen LogP contribution in [0.15, 0.2) is 0 Å². The topological polar surface area (TPSA) is 96.7 Å². The second-order valence-electron chi connectivity index (χ2n) is 7.55. The molecule has 1 aliphatic carbocycles. The predicted octanol–water partition coefficient (Wildman–Crippen LogP) is 0.817. The number of nitrogens with zero attached hydrogens (tertiary/aromatic N) is 3. The first-order valence-electron chi connectivity index (χ1n) is 8.37. The van der Waals surface area contributed by atoms with Crippen molar-refractivity contribution in [3.05, 3.63) is 0 Å². The molecule has 132 valence electrons. The van der Waals surface area contributed by atoms with Crippen LogP contribution < -0.4 is 5.32 Å². The van der Waals surface area contributed by atoms with Gasteiger partial charge in [-0.2, -0.15) is 5.26 Å². The zero-order chi connectivity index (χ0) is 17.5. The Labute approximate surface area is 140 Å². The molecule has 0 radical (unpaired) electrons. The van der Waals surface area contributed by atoms with Gasteiger partial charge in [0.15, 0.2) is 0 Å². The number of halogens is 1. The fourth-order valence-electron chi connectivity index (χ4n) is 4.52. The van der Waals surface area contributed by atoms with E-state index in [-0.39, 0.29) is 31.0 Å². The maximum Gasteiger partial charge on any atom is 0.407 e. The van der Waals surface area contributed by atoms with Crippen LogP contribution in [-0.2, 0) is 4.79 Å². The molecular formula is C16H23FN4O3. The SMILES string of the molecule is CC1(NCC(=O)N2CC(F)CC2C#N)CC2CN(C(=O)O)CC2C1. The molecule has 2 aliphatic heterocycles. The highest BCUT2D eigenvalue weighted by Gasteiger charge is 2.48. The first kappa shape index (κ1) is 17.0. The fraction of sp³-hybridized carbons (Fsp3) is 0.812. The molecule has 24 heavy (non-hydrogen) atoms. The molecule has 2 heterocycles. The van der Waals surface area contributed by atoms with Crippen LogP contribution in [-0.4, -0.2) is 70.8 Å². The Balaban J connectivity index is 1.52. The maximum absolute atomic E-state index is 13.4. The lowest BCUT2D eigenvalue weighted by atomic mass is 9.98. The summed E-state index contributed by atoms with van der Waals surface area (Å²) in [5, 5.41) is 21.4. The summed E-state index contributed by atoms with van der Waals surface area (Å²) in [4.78, 5) is 26.1. The van der Waals surface area contributed by atoms with E-state index < -0.39 is 18.3 Å². The van der Waals surface area contributed by atoms with E-state index in [1.165, 1.54) is 9.80 Å². The first-order valence-corrected chi connectivity index (χ1v) is 8.37. The van der Waals surface area contributed by atoms with Crippen molar-refractivity contribution in [1.29, 1.82) is 5.26 Å². The summed E-state index contributed by atoms with van der Waals surface area (Å²) in [5.41, 5.74) is -0.216. The molecule has 8 heteroatoms. The number of hydrogen-bond acceptors (Lipinski definition) is 4. The highest BCUT2D eigenvalue weighted by atomic mass is 19.1. The van der Waals surface area contributed by atoms with Crippen molar-refractivity contribution >= 4 is 12.0 Å². The van der Waals surface area contributed by atoms with Crippen LogP contribution in [0.3, 0.4) is 0 Å². The van der Waals surface area contributed by atoms with Gasteiger partial charge in [0.2, 0.25) is 5.91 Å². The van der Waals surface area contributed by atoms with Crippen LogP contribution in [0.1, 0.15) is 26.2 Å². The molecule has 3 aliphatic rings. The summed E-state index contributed by atoms with van der Waals surface area (Å²) >= 11 is 0. The summed E-state index contributed by atoms with van der Waals surface area (Å²) in [6.45, 7) is 3.24. The third-order valence-electron chi connectivity index (χ3n) is 5.66. The Morgan fingerprint density at radius 1 is 1.33 bits per heavy atom. The summed E-state index contributed by atoms with van der Waals surface area (Å²) in [7, 11) is 0. The minimum atomic E-state index is -1.12. The molecular weight excluding hydrogens is 315 g/mol. The van der Waals surface area contributed by atoms with Crippen LogP contribution in [0.5, 0.6) is 0 Å². The molecule has 2 N–H and O–H groups in total. The molecule has 0 aromatic heterocycles. The van der Waals surface area contributed by atoms with Crippen molar-refractivity contribution in [3.63, 3.8) is 0 Å². The van der Waals surface area contributed by atoms with Crippen LogP contribution in [0, 0.1) is 23.2 Å². The Morgan fingerprint density at radius 3 is 2.50 bits per heavy atom. The third kappa shape index (κ3) is 3.18. The summed E-state index contributed by atoms with van der Waals surface area (Å²) < 4.78 is 13.4.